The quantitative estimate of drug-likeness (QED) is 0.679. The second kappa shape index (κ2) is 8.29. The van der Waals surface area contributed by atoms with Crippen molar-refractivity contribution < 1.29 is 14.3 Å². The third kappa shape index (κ3) is 4.39. The molecule has 0 aromatic heterocycles. The molecular weight excluding hydrogens is 402 g/mol. The fourth-order valence-corrected chi connectivity index (χ4v) is 5.04. The highest BCUT2D eigenvalue weighted by Crippen LogP contribution is 2.37. The maximum absolute atomic E-state index is 13.1. The van der Waals surface area contributed by atoms with Crippen LogP contribution in [-0.4, -0.2) is 59.6 Å². The molecule has 2 aliphatic heterocycles. The van der Waals surface area contributed by atoms with Crippen molar-refractivity contribution in [2.45, 2.75) is 71.1 Å². The number of carbonyl (C=O) groups excluding carboxylic acids is 2. The summed E-state index contributed by atoms with van der Waals surface area (Å²) in [6, 6.07) is 4.29. The van der Waals surface area contributed by atoms with Gasteiger partial charge in [-0.1, -0.05) is 30.9 Å². The number of halogens is 1. The SMILES string of the molecule is CC(C)(C)OC(=O)N1CCN(c2cc3c(cc2Cl)CN(C2CCCCC2)C3=O)CC1. The number of ether oxygens (including phenoxy) is 1. The standard InChI is InChI=1S/C23H32ClN3O3/c1-23(2,3)30-22(29)26-11-9-25(10-12-26)20-14-18-16(13-19(20)24)15-27(21(18)28)17-7-5-4-6-8-17/h13-14,17H,4-12,15H2,1-3H3. The number of anilines is 1. The Bertz CT molecular complexity index is 822. The summed E-state index contributed by atoms with van der Waals surface area (Å²) in [5.41, 5.74) is 2.21. The number of piperazine rings is 1. The molecule has 0 N–H and O–H groups in total. The van der Waals surface area contributed by atoms with Crippen LogP contribution >= 0.6 is 11.6 Å². The number of hydrogen-bond acceptors (Lipinski definition) is 4. The van der Waals surface area contributed by atoms with Gasteiger partial charge in [-0.2, -0.15) is 0 Å². The van der Waals surface area contributed by atoms with E-state index in [1.165, 1.54) is 19.3 Å². The summed E-state index contributed by atoms with van der Waals surface area (Å²) in [6.45, 7) is 8.77. The minimum Gasteiger partial charge on any atom is -0.444 e. The van der Waals surface area contributed by atoms with Crippen molar-refractivity contribution in [1.82, 2.24) is 9.80 Å². The first-order valence-corrected chi connectivity index (χ1v) is 11.5. The molecule has 2 amide bonds. The predicted octanol–water partition coefficient (Wildman–Crippen LogP) is 4.69. The van der Waals surface area contributed by atoms with Gasteiger partial charge in [-0.25, -0.2) is 4.79 Å². The van der Waals surface area contributed by atoms with Gasteiger partial charge in [-0.3, -0.25) is 4.79 Å². The topological polar surface area (TPSA) is 53.1 Å². The van der Waals surface area contributed by atoms with Crippen molar-refractivity contribution >= 4 is 29.3 Å². The van der Waals surface area contributed by atoms with Crippen LogP contribution in [0.3, 0.4) is 0 Å². The fourth-order valence-electron chi connectivity index (χ4n) is 4.73. The van der Waals surface area contributed by atoms with Crippen LogP contribution in [-0.2, 0) is 11.3 Å². The fraction of sp³-hybridized carbons (Fsp3) is 0.652. The Hall–Kier alpha value is -1.95. The molecule has 6 nitrogen and oxygen atoms in total. The van der Waals surface area contributed by atoms with Gasteiger partial charge in [0.2, 0.25) is 0 Å². The first-order chi connectivity index (χ1) is 14.2. The summed E-state index contributed by atoms with van der Waals surface area (Å²) in [7, 11) is 0. The van der Waals surface area contributed by atoms with Crippen molar-refractivity contribution in [2.24, 2.45) is 0 Å². The second-order valence-corrected chi connectivity index (χ2v) is 10.0. The third-order valence-corrected chi connectivity index (χ3v) is 6.59. The highest BCUT2D eigenvalue weighted by Gasteiger charge is 2.35. The summed E-state index contributed by atoms with van der Waals surface area (Å²) in [4.78, 5) is 31.4. The Balaban J connectivity index is 1.44. The lowest BCUT2D eigenvalue weighted by molar-refractivity contribution is 0.0240. The van der Waals surface area contributed by atoms with Gasteiger partial charge in [0, 0.05) is 44.3 Å². The zero-order chi connectivity index (χ0) is 21.5. The van der Waals surface area contributed by atoms with E-state index in [2.05, 4.69) is 4.90 Å². The molecule has 1 saturated heterocycles. The van der Waals surface area contributed by atoms with E-state index in [4.69, 9.17) is 16.3 Å². The lowest BCUT2D eigenvalue weighted by atomic mass is 9.94. The van der Waals surface area contributed by atoms with E-state index in [0.29, 0.717) is 43.8 Å². The van der Waals surface area contributed by atoms with Gasteiger partial charge in [0.1, 0.15) is 5.60 Å². The molecule has 3 aliphatic rings. The van der Waals surface area contributed by atoms with Gasteiger partial charge < -0.3 is 19.4 Å². The van der Waals surface area contributed by atoms with Gasteiger partial charge in [0.15, 0.2) is 0 Å². The smallest absolute Gasteiger partial charge is 0.410 e. The Morgan fingerprint density at radius 3 is 2.37 bits per heavy atom. The van der Waals surface area contributed by atoms with E-state index in [0.717, 1.165) is 29.7 Å². The van der Waals surface area contributed by atoms with Gasteiger partial charge in [-0.05, 0) is 51.3 Å². The van der Waals surface area contributed by atoms with Crippen LogP contribution in [0.5, 0.6) is 0 Å². The molecule has 4 rings (SSSR count). The Morgan fingerprint density at radius 1 is 1.07 bits per heavy atom. The van der Waals surface area contributed by atoms with Gasteiger partial charge >= 0.3 is 6.09 Å². The summed E-state index contributed by atoms with van der Waals surface area (Å²) >= 11 is 6.63. The summed E-state index contributed by atoms with van der Waals surface area (Å²) < 4.78 is 5.48. The predicted molar refractivity (Wildman–Crippen MR) is 118 cm³/mol. The Morgan fingerprint density at radius 2 is 1.73 bits per heavy atom. The minimum atomic E-state index is -0.498. The van der Waals surface area contributed by atoms with E-state index in [1.54, 1.807) is 4.90 Å². The molecule has 164 valence electrons. The molecule has 0 radical (unpaired) electrons. The van der Waals surface area contributed by atoms with Crippen LogP contribution in [0.25, 0.3) is 0 Å². The normalized spacial score (nSPS) is 20.5. The first-order valence-electron chi connectivity index (χ1n) is 11.1. The van der Waals surface area contributed by atoms with Crippen LogP contribution in [0.1, 0.15) is 68.8 Å². The highest BCUT2D eigenvalue weighted by atomic mass is 35.5. The maximum Gasteiger partial charge on any atom is 0.410 e. The summed E-state index contributed by atoms with van der Waals surface area (Å²) in [5, 5.41) is 0.678. The van der Waals surface area contributed by atoms with Crippen molar-refractivity contribution in [1.29, 1.82) is 0 Å². The number of amides is 2. The molecule has 0 atom stereocenters. The number of fused-ring (bicyclic) bond motifs is 1. The van der Waals surface area contributed by atoms with Crippen molar-refractivity contribution in [3.05, 3.63) is 28.3 Å². The monoisotopic (exact) mass is 433 g/mol. The van der Waals surface area contributed by atoms with Gasteiger partial charge in [0.05, 0.1) is 10.7 Å². The number of nitrogens with zero attached hydrogens (tertiary/aromatic N) is 3. The van der Waals surface area contributed by atoms with E-state index in [9.17, 15) is 9.59 Å². The zero-order valence-corrected chi connectivity index (χ0v) is 19.0. The van der Waals surface area contributed by atoms with Crippen LogP contribution in [0, 0.1) is 0 Å². The lowest BCUT2D eigenvalue weighted by Gasteiger charge is -2.37. The molecule has 1 aromatic carbocycles. The molecule has 7 heteroatoms. The summed E-state index contributed by atoms with van der Waals surface area (Å²) in [6.07, 6.45) is 5.62. The average molecular weight is 434 g/mol. The Kier molecular flexibility index (Phi) is 5.88. The molecule has 2 heterocycles. The van der Waals surface area contributed by atoms with Crippen molar-refractivity contribution in [3.63, 3.8) is 0 Å². The molecule has 1 saturated carbocycles. The van der Waals surface area contributed by atoms with Crippen molar-refractivity contribution in [3.8, 4) is 0 Å². The van der Waals surface area contributed by atoms with Gasteiger partial charge in [0.25, 0.3) is 5.91 Å². The van der Waals surface area contributed by atoms with E-state index in [1.807, 2.05) is 37.8 Å². The average Bonchev–Trinajstić information content (AvgIpc) is 3.02. The largest absolute Gasteiger partial charge is 0.444 e. The van der Waals surface area contributed by atoms with Crippen LogP contribution in [0.4, 0.5) is 10.5 Å². The molecular formula is C23H32ClN3O3. The zero-order valence-electron chi connectivity index (χ0n) is 18.2. The molecule has 30 heavy (non-hydrogen) atoms. The molecule has 0 bridgehead atoms. The number of carbonyl (C=O) groups is 2. The van der Waals surface area contributed by atoms with Crippen LogP contribution < -0.4 is 4.90 Å². The molecule has 2 fully saturated rings. The molecule has 1 aromatic rings. The minimum absolute atomic E-state index is 0.141. The van der Waals surface area contributed by atoms with E-state index < -0.39 is 5.60 Å². The highest BCUT2D eigenvalue weighted by molar-refractivity contribution is 6.33. The van der Waals surface area contributed by atoms with E-state index >= 15 is 0 Å². The van der Waals surface area contributed by atoms with Crippen LogP contribution in [0.2, 0.25) is 5.02 Å². The number of rotatable bonds is 2. The number of benzene rings is 1. The number of hydrogen-bond donors (Lipinski definition) is 0. The lowest BCUT2D eigenvalue weighted by Crippen LogP contribution is -2.50. The Labute approximate surface area is 184 Å². The summed E-state index contributed by atoms with van der Waals surface area (Å²) in [5.74, 6) is 0.141. The van der Waals surface area contributed by atoms with Gasteiger partial charge in [-0.15, -0.1) is 0 Å². The molecule has 0 spiro atoms. The van der Waals surface area contributed by atoms with Crippen molar-refractivity contribution in [2.75, 3.05) is 31.1 Å². The molecule has 0 unspecified atom stereocenters. The second-order valence-electron chi connectivity index (χ2n) is 9.64. The van der Waals surface area contributed by atoms with Crippen LogP contribution in [0.15, 0.2) is 12.1 Å². The first kappa shape index (κ1) is 21.3. The van der Waals surface area contributed by atoms with E-state index in [-0.39, 0.29) is 12.0 Å². The third-order valence-electron chi connectivity index (χ3n) is 6.29. The maximum atomic E-state index is 13.1. The molecule has 1 aliphatic carbocycles.